The standard InChI is InChI=1S/C14H16N4O2/c19-14(11-4-13-12(5-15-11)16-8-20-13)17-10-3-9-1-2-18(6-9)7-10/h4-5,8-10H,1-3,6-7H2,(H,17,19)/t9-,10-/m1/s1. The maximum absolute atomic E-state index is 12.3. The molecular weight excluding hydrogens is 256 g/mol. The molecule has 104 valence electrons. The minimum Gasteiger partial charge on any atom is -0.443 e. The molecule has 2 aromatic rings. The van der Waals surface area contributed by atoms with Gasteiger partial charge in [-0.1, -0.05) is 0 Å². The minimum atomic E-state index is -0.129. The predicted molar refractivity (Wildman–Crippen MR) is 72.2 cm³/mol. The van der Waals surface area contributed by atoms with Gasteiger partial charge < -0.3 is 14.6 Å². The van der Waals surface area contributed by atoms with Crippen LogP contribution >= 0.6 is 0 Å². The van der Waals surface area contributed by atoms with Crippen molar-refractivity contribution in [3.63, 3.8) is 0 Å². The lowest BCUT2D eigenvalue weighted by molar-refractivity contribution is 0.0904. The summed E-state index contributed by atoms with van der Waals surface area (Å²) in [6, 6.07) is 1.88. The zero-order chi connectivity index (χ0) is 13.5. The number of piperidine rings is 1. The number of rotatable bonds is 2. The highest BCUT2D eigenvalue weighted by molar-refractivity contribution is 5.94. The smallest absolute Gasteiger partial charge is 0.270 e. The molecule has 20 heavy (non-hydrogen) atoms. The Kier molecular flexibility index (Phi) is 2.70. The van der Waals surface area contributed by atoms with Gasteiger partial charge in [-0.25, -0.2) is 9.97 Å². The molecule has 0 aromatic carbocycles. The van der Waals surface area contributed by atoms with E-state index >= 15 is 0 Å². The number of nitrogens with one attached hydrogen (secondary N) is 1. The molecule has 0 saturated carbocycles. The lowest BCUT2D eigenvalue weighted by Crippen LogP contribution is -2.47. The van der Waals surface area contributed by atoms with Gasteiger partial charge in [0.25, 0.3) is 5.91 Å². The van der Waals surface area contributed by atoms with E-state index in [1.807, 2.05) is 0 Å². The van der Waals surface area contributed by atoms with Gasteiger partial charge in [-0.3, -0.25) is 4.79 Å². The molecule has 1 N–H and O–H groups in total. The predicted octanol–water partition coefficient (Wildman–Crippen LogP) is 1.05. The van der Waals surface area contributed by atoms with Crippen LogP contribution < -0.4 is 5.32 Å². The van der Waals surface area contributed by atoms with E-state index in [2.05, 4.69) is 20.2 Å². The Bertz CT molecular complexity index is 641. The van der Waals surface area contributed by atoms with Crippen molar-refractivity contribution < 1.29 is 9.21 Å². The van der Waals surface area contributed by atoms with Crippen molar-refractivity contribution >= 4 is 17.0 Å². The first-order valence-corrected chi connectivity index (χ1v) is 7.00. The van der Waals surface area contributed by atoms with Gasteiger partial charge in [0.2, 0.25) is 0 Å². The number of pyridine rings is 1. The average Bonchev–Trinajstić information content (AvgIpc) is 3.04. The summed E-state index contributed by atoms with van der Waals surface area (Å²) in [5.74, 6) is 0.606. The van der Waals surface area contributed by atoms with E-state index in [-0.39, 0.29) is 11.9 Å². The normalized spacial score (nSPS) is 28.7. The second kappa shape index (κ2) is 4.56. The number of amides is 1. The average molecular weight is 272 g/mol. The van der Waals surface area contributed by atoms with E-state index in [4.69, 9.17) is 4.42 Å². The van der Waals surface area contributed by atoms with Crippen LogP contribution in [0.3, 0.4) is 0 Å². The molecule has 0 radical (unpaired) electrons. The zero-order valence-corrected chi connectivity index (χ0v) is 11.1. The van der Waals surface area contributed by atoms with Crippen molar-refractivity contribution in [2.75, 3.05) is 19.6 Å². The molecule has 4 heterocycles. The van der Waals surface area contributed by atoms with Gasteiger partial charge in [0.1, 0.15) is 11.2 Å². The van der Waals surface area contributed by atoms with E-state index < -0.39 is 0 Å². The molecule has 2 fully saturated rings. The highest BCUT2D eigenvalue weighted by Crippen LogP contribution is 2.26. The van der Waals surface area contributed by atoms with Gasteiger partial charge in [0.05, 0.1) is 6.20 Å². The number of hydrogen-bond donors (Lipinski definition) is 1. The molecule has 1 unspecified atom stereocenters. The molecule has 2 aliphatic heterocycles. The van der Waals surface area contributed by atoms with Crippen LogP contribution in [-0.2, 0) is 0 Å². The summed E-state index contributed by atoms with van der Waals surface area (Å²) < 4.78 is 5.20. The molecule has 3 atom stereocenters. The Morgan fingerprint density at radius 2 is 2.35 bits per heavy atom. The summed E-state index contributed by atoms with van der Waals surface area (Å²) in [5, 5.41) is 3.09. The molecule has 4 rings (SSSR count). The van der Waals surface area contributed by atoms with E-state index in [9.17, 15) is 4.79 Å². The van der Waals surface area contributed by atoms with Crippen LogP contribution in [-0.4, -0.2) is 46.5 Å². The van der Waals surface area contributed by atoms with Crippen molar-refractivity contribution in [2.45, 2.75) is 18.9 Å². The van der Waals surface area contributed by atoms with Crippen molar-refractivity contribution in [3.05, 3.63) is 24.4 Å². The summed E-state index contributed by atoms with van der Waals surface area (Å²) in [5.41, 5.74) is 1.66. The summed E-state index contributed by atoms with van der Waals surface area (Å²) in [6.07, 6.45) is 5.27. The second-order valence-electron chi connectivity index (χ2n) is 5.71. The molecule has 2 aliphatic rings. The van der Waals surface area contributed by atoms with Crippen molar-refractivity contribution in [3.8, 4) is 0 Å². The highest BCUT2D eigenvalue weighted by Gasteiger charge is 2.33. The van der Waals surface area contributed by atoms with Crippen molar-refractivity contribution in [2.24, 2.45) is 5.92 Å². The Labute approximate surface area is 116 Å². The minimum absolute atomic E-state index is 0.129. The molecule has 6 heteroatoms. The van der Waals surface area contributed by atoms with Crippen LogP contribution in [0.15, 0.2) is 23.1 Å². The number of carbonyl (C=O) groups excluding carboxylic acids is 1. The second-order valence-corrected chi connectivity index (χ2v) is 5.71. The molecule has 0 spiro atoms. The SMILES string of the molecule is O=C(N[C@@H]1C[C@H]2CCN(C2)C1)c1cc2ocnc2cn1. The molecular formula is C14H16N4O2. The third-order valence-corrected chi connectivity index (χ3v) is 4.25. The van der Waals surface area contributed by atoms with Gasteiger partial charge >= 0.3 is 0 Å². The maximum Gasteiger partial charge on any atom is 0.270 e. The van der Waals surface area contributed by atoms with Crippen LogP contribution in [0.1, 0.15) is 23.3 Å². The molecule has 6 nitrogen and oxygen atoms in total. The van der Waals surface area contributed by atoms with E-state index in [1.54, 1.807) is 12.3 Å². The summed E-state index contributed by atoms with van der Waals surface area (Å²) >= 11 is 0. The Balaban J connectivity index is 1.49. The van der Waals surface area contributed by atoms with Crippen molar-refractivity contribution in [1.82, 2.24) is 20.2 Å². The molecule has 2 saturated heterocycles. The third kappa shape index (κ3) is 2.06. The van der Waals surface area contributed by atoms with Crippen LogP contribution in [0.4, 0.5) is 0 Å². The monoisotopic (exact) mass is 272 g/mol. The number of hydrogen-bond acceptors (Lipinski definition) is 5. The van der Waals surface area contributed by atoms with Gasteiger partial charge in [-0.15, -0.1) is 0 Å². The largest absolute Gasteiger partial charge is 0.443 e. The van der Waals surface area contributed by atoms with Crippen LogP contribution in [0.5, 0.6) is 0 Å². The Hall–Kier alpha value is -1.95. The fourth-order valence-electron chi connectivity index (χ4n) is 3.31. The van der Waals surface area contributed by atoms with Crippen LogP contribution in [0.2, 0.25) is 0 Å². The quantitative estimate of drug-likeness (QED) is 0.884. The van der Waals surface area contributed by atoms with Crippen LogP contribution in [0, 0.1) is 5.92 Å². The summed E-state index contributed by atoms with van der Waals surface area (Å²) in [6.45, 7) is 3.31. The van der Waals surface area contributed by atoms with Gasteiger partial charge in [0.15, 0.2) is 12.0 Å². The number of aromatic nitrogens is 2. The number of nitrogens with zero attached hydrogens (tertiary/aromatic N) is 3. The Morgan fingerprint density at radius 1 is 1.40 bits per heavy atom. The maximum atomic E-state index is 12.3. The van der Waals surface area contributed by atoms with Crippen LogP contribution in [0.25, 0.3) is 11.1 Å². The van der Waals surface area contributed by atoms with Gasteiger partial charge in [-0.05, 0) is 25.3 Å². The van der Waals surface area contributed by atoms with Crippen molar-refractivity contribution in [1.29, 1.82) is 0 Å². The zero-order valence-electron chi connectivity index (χ0n) is 11.1. The fourth-order valence-corrected chi connectivity index (χ4v) is 3.31. The van der Waals surface area contributed by atoms with E-state index in [1.165, 1.54) is 25.9 Å². The lowest BCUT2D eigenvalue weighted by Gasteiger charge is -2.30. The Morgan fingerprint density at radius 3 is 3.25 bits per heavy atom. The first-order chi connectivity index (χ1) is 9.78. The van der Waals surface area contributed by atoms with E-state index in [0.717, 1.165) is 18.9 Å². The first-order valence-electron chi connectivity index (χ1n) is 7.00. The highest BCUT2D eigenvalue weighted by atomic mass is 16.3. The van der Waals surface area contributed by atoms with E-state index in [0.29, 0.717) is 16.8 Å². The summed E-state index contributed by atoms with van der Waals surface area (Å²) in [4.78, 5) is 22.8. The number of fused-ring (bicyclic) bond motifs is 3. The van der Waals surface area contributed by atoms with Gasteiger partial charge in [-0.2, -0.15) is 0 Å². The third-order valence-electron chi connectivity index (χ3n) is 4.25. The topological polar surface area (TPSA) is 71.3 Å². The first kappa shape index (κ1) is 11.8. The molecule has 2 bridgehead atoms. The fraction of sp³-hybridized carbons (Fsp3) is 0.500. The van der Waals surface area contributed by atoms with Gasteiger partial charge in [0, 0.05) is 25.2 Å². The molecule has 0 aliphatic carbocycles. The molecule has 1 amide bonds. The summed E-state index contributed by atoms with van der Waals surface area (Å²) in [7, 11) is 0. The number of carbonyl (C=O) groups is 1. The molecule has 2 aromatic heterocycles. The number of oxazole rings is 1. The lowest BCUT2D eigenvalue weighted by atomic mass is 9.97.